The minimum atomic E-state index is -0.708. The lowest BCUT2D eigenvalue weighted by Gasteiger charge is -1.99. The molecule has 17 heavy (non-hydrogen) atoms. The Labute approximate surface area is 98.8 Å². The van der Waals surface area contributed by atoms with Gasteiger partial charge in [-0.2, -0.15) is 5.26 Å². The predicted molar refractivity (Wildman–Crippen MR) is 66.7 cm³/mol. The molecule has 3 nitrogen and oxygen atoms in total. The highest BCUT2D eigenvalue weighted by Crippen LogP contribution is 2.17. The molecule has 0 spiro atoms. The SMILES string of the molecule is N#C/C(=C/c1ccc2ccccc2c1)C(N)=O. The average molecular weight is 222 g/mol. The van der Waals surface area contributed by atoms with Crippen LogP contribution in [0, 0.1) is 11.3 Å². The lowest BCUT2D eigenvalue weighted by Crippen LogP contribution is -2.12. The molecule has 0 radical (unpaired) electrons. The van der Waals surface area contributed by atoms with Crippen molar-refractivity contribution in [2.24, 2.45) is 5.73 Å². The quantitative estimate of drug-likeness (QED) is 0.625. The van der Waals surface area contributed by atoms with Crippen LogP contribution < -0.4 is 5.73 Å². The van der Waals surface area contributed by atoms with Crippen LogP contribution in [0.1, 0.15) is 5.56 Å². The molecule has 3 heteroatoms. The molecule has 0 aliphatic rings. The van der Waals surface area contributed by atoms with Crippen LogP contribution in [0.4, 0.5) is 0 Å². The summed E-state index contributed by atoms with van der Waals surface area (Å²) in [5.74, 6) is -0.708. The monoisotopic (exact) mass is 222 g/mol. The zero-order valence-corrected chi connectivity index (χ0v) is 9.05. The van der Waals surface area contributed by atoms with Gasteiger partial charge >= 0.3 is 0 Å². The van der Waals surface area contributed by atoms with E-state index in [9.17, 15) is 4.79 Å². The first-order valence-electron chi connectivity index (χ1n) is 5.11. The van der Waals surface area contributed by atoms with Gasteiger partial charge in [-0.05, 0) is 28.5 Å². The molecule has 0 heterocycles. The van der Waals surface area contributed by atoms with Crippen LogP contribution in [0.15, 0.2) is 48.0 Å². The van der Waals surface area contributed by atoms with Crippen LogP contribution in [0.25, 0.3) is 16.8 Å². The molecule has 2 N–H and O–H groups in total. The first-order chi connectivity index (χ1) is 8.20. The fourth-order valence-corrected chi connectivity index (χ4v) is 1.62. The minimum Gasteiger partial charge on any atom is -0.365 e. The van der Waals surface area contributed by atoms with E-state index >= 15 is 0 Å². The maximum absolute atomic E-state index is 10.9. The summed E-state index contributed by atoms with van der Waals surface area (Å²) >= 11 is 0. The molecular weight excluding hydrogens is 212 g/mol. The van der Waals surface area contributed by atoms with Crippen molar-refractivity contribution in [2.75, 3.05) is 0 Å². The number of hydrogen-bond donors (Lipinski definition) is 1. The third-order valence-electron chi connectivity index (χ3n) is 2.47. The molecule has 0 aliphatic carbocycles. The van der Waals surface area contributed by atoms with E-state index in [-0.39, 0.29) is 5.57 Å². The molecule has 0 saturated carbocycles. The van der Waals surface area contributed by atoms with Crippen molar-refractivity contribution < 1.29 is 4.79 Å². The van der Waals surface area contributed by atoms with Gasteiger partial charge in [-0.3, -0.25) is 4.79 Å². The van der Waals surface area contributed by atoms with Gasteiger partial charge in [0.1, 0.15) is 11.6 Å². The number of rotatable bonds is 2. The van der Waals surface area contributed by atoms with Gasteiger partial charge in [0.15, 0.2) is 0 Å². The van der Waals surface area contributed by atoms with Crippen molar-refractivity contribution in [2.45, 2.75) is 0 Å². The number of hydrogen-bond acceptors (Lipinski definition) is 2. The van der Waals surface area contributed by atoms with Crippen molar-refractivity contribution in [1.82, 2.24) is 0 Å². The fourth-order valence-electron chi connectivity index (χ4n) is 1.62. The molecule has 1 amide bonds. The topological polar surface area (TPSA) is 66.9 Å². The van der Waals surface area contributed by atoms with E-state index in [0.717, 1.165) is 16.3 Å². The number of fused-ring (bicyclic) bond motifs is 1. The number of carbonyl (C=O) groups excluding carboxylic acids is 1. The van der Waals surface area contributed by atoms with Gasteiger partial charge in [0.2, 0.25) is 0 Å². The molecule has 82 valence electrons. The summed E-state index contributed by atoms with van der Waals surface area (Å²) in [5.41, 5.74) is 5.83. The van der Waals surface area contributed by atoms with Crippen LogP contribution in [-0.2, 0) is 4.79 Å². The van der Waals surface area contributed by atoms with Crippen molar-refractivity contribution in [3.8, 4) is 6.07 Å². The van der Waals surface area contributed by atoms with Crippen LogP contribution in [0.2, 0.25) is 0 Å². The number of amides is 1. The van der Waals surface area contributed by atoms with E-state index in [1.165, 1.54) is 6.08 Å². The number of nitrogens with zero attached hydrogens (tertiary/aromatic N) is 1. The van der Waals surface area contributed by atoms with E-state index in [1.54, 1.807) is 6.07 Å². The van der Waals surface area contributed by atoms with Gasteiger partial charge in [-0.25, -0.2) is 0 Å². The Morgan fingerprint density at radius 3 is 2.53 bits per heavy atom. The first-order valence-corrected chi connectivity index (χ1v) is 5.11. The molecule has 0 saturated heterocycles. The first kappa shape index (κ1) is 10.9. The largest absolute Gasteiger partial charge is 0.365 e. The molecule has 0 bridgehead atoms. The predicted octanol–water partition coefficient (Wildman–Crippen LogP) is 2.23. The second-order valence-electron chi connectivity index (χ2n) is 3.64. The highest BCUT2D eigenvalue weighted by atomic mass is 16.1. The summed E-state index contributed by atoms with van der Waals surface area (Å²) in [7, 11) is 0. The Kier molecular flexibility index (Phi) is 2.89. The van der Waals surface area contributed by atoms with E-state index in [4.69, 9.17) is 11.0 Å². The van der Waals surface area contributed by atoms with Crippen molar-refractivity contribution in [3.05, 3.63) is 53.6 Å². The van der Waals surface area contributed by atoms with E-state index in [1.807, 2.05) is 42.5 Å². The second kappa shape index (κ2) is 4.50. The lowest BCUT2D eigenvalue weighted by atomic mass is 10.1. The summed E-state index contributed by atoms with van der Waals surface area (Å²) in [6.07, 6.45) is 1.49. The fraction of sp³-hybridized carbons (Fsp3) is 0. The Morgan fingerprint density at radius 1 is 1.18 bits per heavy atom. The number of benzene rings is 2. The van der Waals surface area contributed by atoms with Crippen LogP contribution >= 0.6 is 0 Å². The van der Waals surface area contributed by atoms with Gasteiger partial charge in [-0.15, -0.1) is 0 Å². The van der Waals surface area contributed by atoms with Crippen molar-refractivity contribution in [3.63, 3.8) is 0 Å². The number of primary amides is 1. The third-order valence-corrected chi connectivity index (χ3v) is 2.47. The van der Waals surface area contributed by atoms with Crippen LogP contribution in [0.3, 0.4) is 0 Å². The van der Waals surface area contributed by atoms with E-state index in [2.05, 4.69) is 0 Å². The summed E-state index contributed by atoms with van der Waals surface area (Å²) in [5, 5.41) is 10.9. The average Bonchev–Trinajstić information content (AvgIpc) is 2.35. The molecule has 0 fully saturated rings. The zero-order valence-electron chi connectivity index (χ0n) is 9.05. The van der Waals surface area contributed by atoms with Gasteiger partial charge < -0.3 is 5.73 Å². The molecule has 0 aliphatic heterocycles. The van der Waals surface area contributed by atoms with Gasteiger partial charge in [-0.1, -0.05) is 36.4 Å². The molecule has 2 rings (SSSR count). The molecule has 0 atom stereocenters. The van der Waals surface area contributed by atoms with Crippen molar-refractivity contribution in [1.29, 1.82) is 5.26 Å². The molecule has 0 aromatic heterocycles. The summed E-state index contributed by atoms with van der Waals surface area (Å²) < 4.78 is 0. The van der Waals surface area contributed by atoms with Gasteiger partial charge in [0.25, 0.3) is 5.91 Å². The summed E-state index contributed by atoms with van der Waals surface area (Å²) in [4.78, 5) is 10.9. The third kappa shape index (κ3) is 2.32. The highest BCUT2D eigenvalue weighted by molar-refractivity contribution is 6.01. The minimum absolute atomic E-state index is 0.0414. The standard InChI is InChI=1S/C14H10N2O/c15-9-13(14(16)17)8-10-5-6-11-3-1-2-4-12(11)7-10/h1-8H,(H2,16,17)/b13-8-. The normalized spacial score (nSPS) is 11.1. The van der Waals surface area contributed by atoms with Gasteiger partial charge in [0, 0.05) is 0 Å². The summed E-state index contributed by atoms with van der Waals surface area (Å²) in [6, 6.07) is 15.4. The molecular formula is C14H10N2O. The van der Waals surface area contributed by atoms with E-state index < -0.39 is 5.91 Å². The maximum atomic E-state index is 10.9. The number of nitrogens with two attached hydrogens (primary N) is 1. The smallest absolute Gasteiger partial charge is 0.259 e. The van der Waals surface area contributed by atoms with Crippen LogP contribution in [0.5, 0.6) is 0 Å². The molecule has 0 unspecified atom stereocenters. The zero-order chi connectivity index (χ0) is 12.3. The van der Waals surface area contributed by atoms with Crippen molar-refractivity contribution >= 4 is 22.8 Å². The Hall–Kier alpha value is -2.60. The second-order valence-corrected chi connectivity index (χ2v) is 3.64. The molecule has 2 aromatic rings. The van der Waals surface area contributed by atoms with E-state index in [0.29, 0.717) is 0 Å². The molecule has 2 aromatic carbocycles. The Bertz CT molecular complexity index is 651. The Balaban J connectivity index is 2.51. The number of carbonyl (C=O) groups is 1. The van der Waals surface area contributed by atoms with Crippen LogP contribution in [-0.4, -0.2) is 5.91 Å². The summed E-state index contributed by atoms with van der Waals surface area (Å²) in [6.45, 7) is 0. The Morgan fingerprint density at radius 2 is 1.88 bits per heavy atom. The highest BCUT2D eigenvalue weighted by Gasteiger charge is 2.03. The number of nitriles is 1. The van der Waals surface area contributed by atoms with Gasteiger partial charge in [0.05, 0.1) is 0 Å². The maximum Gasteiger partial charge on any atom is 0.259 e. The lowest BCUT2D eigenvalue weighted by molar-refractivity contribution is -0.114.